The first-order chi connectivity index (χ1) is 10.6. The van der Waals surface area contributed by atoms with Crippen molar-refractivity contribution in [2.45, 2.75) is 24.6 Å². The number of thioether (sulfide) groups is 1. The molecule has 0 atom stereocenters. The molecule has 3 rings (SSSR count). The van der Waals surface area contributed by atoms with Gasteiger partial charge in [0, 0.05) is 5.75 Å². The van der Waals surface area contributed by atoms with Gasteiger partial charge in [-0.05, 0) is 19.4 Å². The van der Waals surface area contributed by atoms with Gasteiger partial charge in [-0.1, -0.05) is 42.1 Å². The van der Waals surface area contributed by atoms with Gasteiger partial charge < -0.3 is 5.21 Å². The Balaban J connectivity index is 2.04. The minimum Gasteiger partial charge on any atom is -0.427 e. The number of hydrogen-bond donors (Lipinski definition) is 2. The topological polar surface area (TPSA) is 87.7 Å². The molecule has 0 saturated heterocycles. The van der Waals surface area contributed by atoms with Crippen LogP contribution in [0, 0.1) is 19.3 Å². The largest absolute Gasteiger partial charge is 0.427 e. The van der Waals surface area contributed by atoms with Gasteiger partial charge in [0.15, 0.2) is 5.82 Å². The lowest BCUT2D eigenvalue weighted by Gasteiger charge is -2.15. The van der Waals surface area contributed by atoms with Gasteiger partial charge in [-0.25, -0.2) is 9.97 Å². The van der Waals surface area contributed by atoms with Gasteiger partial charge in [0.1, 0.15) is 10.7 Å². The normalized spacial score (nSPS) is 11.0. The Bertz CT molecular complexity index is 847. The summed E-state index contributed by atoms with van der Waals surface area (Å²) in [7, 11) is 0. The molecule has 0 fully saturated rings. The van der Waals surface area contributed by atoms with Crippen LogP contribution in [0.3, 0.4) is 0 Å². The summed E-state index contributed by atoms with van der Waals surface area (Å²) < 4.78 is 0.976. The van der Waals surface area contributed by atoms with E-state index >= 15 is 0 Å². The van der Waals surface area contributed by atoms with Gasteiger partial charge in [-0.3, -0.25) is 5.41 Å². The number of aromatic nitrogens is 4. The molecule has 0 aromatic heterocycles. The second-order valence-electron chi connectivity index (χ2n) is 4.89. The number of rotatable bonds is 3. The van der Waals surface area contributed by atoms with E-state index in [0.717, 1.165) is 10.3 Å². The molecule has 7 heteroatoms. The van der Waals surface area contributed by atoms with Crippen LogP contribution in [0.1, 0.15) is 17.0 Å². The lowest BCUT2D eigenvalue weighted by Crippen LogP contribution is -2.20. The number of aryl methyl sites for hydroxylation is 1. The second kappa shape index (κ2) is 5.76. The van der Waals surface area contributed by atoms with Gasteiger partial charge in [-0.15, -0.1) is 0 Å². The van der Waals surface area contributed by atoms with Gasteiger partial charge in [-0.2, -0.15) is 9.71 Å². The minimum atomic E-state index is -0.129. The summed E-state index contributed by atoms with van der Waals surface area (Å²) >= 11 is 1.48. The molecule has 0 aliphatic carbocycles. The summed E-state index contributed by atoms with van der Waals surface area (Å²) in [6.07, 6.45) is 0. The van der Waals surface area contributed by atoms with Gasteiger partial charge in [0.2, 0.25) is 5.62 Å². The van der Waals surface area contributed by atoms with Crippen LogP contribution in [0.15, 0.2) is 35.4 Å². The van der Waals surface area contributed by atoms with Gasteiger partial charge in [0.25, 0.3) is 0 Å². The Morgan fingerprint density at radius 2 is 1.86 bits per heavy atom. The molecule has 0 unspecified atom stereocenters. The highest BCUT2D eigenvalue weighted by molar-refractivity contribution is 7.98. The van der Waals surface area contributed by atoms with E-state index in [-0.39, 0.29) is 11.4 Å². The maximum atomic E-state index is 10.2. The second-order valence-corrected chi connectivity index (χ2v) is 5.86. The molecule has 0 spiro atoms. The first-order valence-corrected chi connectivity index (χ1v) is 7.73. The molecule has 0 bridgehead atoms. The molecular formula is C15H15N5OS. The maximum Gasteiger partial charge on any atom is 0.245 e. The SMILES string of the molecule is Cc1nc2c(SCc3ccccc3)nc(=N)nc-2n(O)c1C. The highest BCUT2D eigenvalue weighted by atomic mass is 32.2. The summed E-state index contributed by atoms with van der Waals surface area (Å²) in [5, 5.41) is 18.5. The van der Waals surface area contributed by atoms with E-state index in [1.807, 2.05) is 37.3 Å². The minimum absolute atomic E-state index is 0.129. The Morgan fingerprint density at radius 3 is 2.59 bits per heavy atom. The molecule has 2 aliphatic rings. The van der Waals surface area contributed by atoms with Crippen molar-refractivity contribution in [1.29, 1.82) is 5.41 Å². The van der Waals surface area contributed by atoms with E-state index < -0.39 is 0 Å². The van der Waals surface area contributed by atoms with Gasteiger partial charge >= 0.3 is 0 Å². The van der Waals surface area contributed by atoms with Crippen molar-refractivity contribution in [3.05, 3.63) is 52.9 Å². The van der Waals surface area contributed by atoms with Crippen molar-refractivity contribution in [1.82, 2.24) is 19.7 Å². The number of hydrogen-bond acceptors (Lipinski definition) is 6. The summed E-state index contributed by atoms with van der Waals surface area (Å²) in [5.74, 6) is 0.977. The Morgan fingerprint density at radius 1 is 1.14 bits per heavy atom. The van der Waals surface area contributed by atoms with Crippen LogP contribution in [0.25, 0.3) is 11.5 Å². The fourth-order valence-corrected chi connectivity index (χ4v) is 2.98. The molecule has 0 radical (unpaired) electrons. The highest BCUT2D eigenvalue weighted by Crippen LogP contribution is 2.29. The monoisotopic (exact) mass is 313 g/mol. The molecule has 0 amide bonds. The number of nitrogens with one attached hydrogen (secondary N) is 1. The smallest absolute Gasteiger partial charge is 0.245 e. The average molecular weight is 313 g/mol. The van der Waals surface area contributed by atoms with E-state index in [1.54, 1.807) is 6.92 Å². The number of fused-ring (bicyclic) bond motifs is 1. The van der Waals surface area contributed by atoms with Crippen LogP contribution in [0.5, 0.6) is 0 Å². The van der Waals surface area contributed by atoms with E-state index in [4.69, 9.17) is 5.41 Å². The third-order valence-corrected chi connectivity index (χ3v) is 4.41. The lowest BCUT2D eigenvalue weighted by atomic mass is 10.2. The molecule has 1 aromatic carbocycles. The van der Waals surface area contributed by atoms with Crippen LogP contribution in [-0.2, 0) is 5.75 Å². The lowest BCUT2D eigenvalue weighted by molar-refractivity contribution is 0.177. The highest BCUT2D eigenvalue weighted by Gasteiger charge is 2.20. The van der Waals surface area contributed by atoms with Crippen LogP contribution in [0.4, 0.5) is 0 Å². The molecule has 2 N–H and O–H groups in total. The zero-order chi connectivity index (χ0) is 15.7. The Kier molecular flexibility index (Phi) is 3.81. The third kappa shape index (κ3) is 2.67. The van der Waals surface area contributed by atoms with E-state index in [0.29, 0.717) is 27.9 Å². The van der Waals surface area contributed by atoms with Crippen molar-refractivity contribution in [2.75, 3.05) is 0 Å². The summed E-state index contributed by atoms with van der Waals surface area (Å²) in [6, 6.07) is 10.0. The maximum absolute atomic E-state index is 10.2. The quantitative estimate of drug-likeness (QED) is 0.440. The fourth-order valence-electron chi connectivity index (χ4n) is 2.06. The van der Waals surface area contributed by atoms with Crippen LogP contribution in [-0.4, -0.2) is 24.9 Å². The molecule has 2 aliphatic heterocycles. The van der Waals surface area contributed by atoms with Crippen molar-refractivity contribution in [3.8, 4) is 11.5 Å². The van der Waals surface area contributed by atoms with E-state index in [1.165, 1.54) is 11.8 Å². The van der Waals surface area contributed by atoms with Crippen molar-refractivity contribution < 1.29 is 5.21 Å². The first kappa shape index (κ1) is 14.5. The van der Waals surface area contributed by atoms with Crippen LogP contribution >= 0.6 is 11.8 Å². The zero-order valence-electron chi connectivity index (χ0n) is 12.2. The summed E-state index contributed by atoms with van der Waals surface area (Å²) in [5.41, 5.74) is 2.85. The van der Waals surface area contributed by atoms with Crippen molar-refractivity contribution in [3.63, 3.8) is 0 Å². The fraction of sp³-hybridized carbons (Fsp3) is 0.200. The molecule has 6 nitrogen and oxygen atoms in total. The van der Waals surface area contributed by atoms with Crippen LogP contribution < -0.4 is 5.62 Å². The molecule has 22 heavy (non-hydrogen) atoms. The number of nitrogens with zero attached hydrogens (tertiary/aromatic N) is 4. The predicted molar refractivity (Wildman–Crippen MR) is 83.0 cm³/mol. The van der Waals surface area contributed by atoms with Crippen molar-refractivity contribution in [2.24, 2.45) is 0 Å². The average Bonchev–Trinajstić information content (AvgIpc) is 2.52. The third-order valence-electron chi connectivity index (χ3n) is 3.37. The molecule has 112 valence electrons. The standard InChI is InChI=1S/C15H15N5OS/c1-9-10(2)20(21)13-12(17-9)14(19-15(16)18-13)22-8-11-6-4-3-5-7-11/h3-7,16,21H,8H2,1-2H3. The molecule has 0 saturated carbocycles. The van der Waals surface area contributed by atoms with Crippen LogP contribution in [0.2, 0.25) is 0 Å². The predicted octanol–water partition coefficient (Wildman–Crippen LogP) is 2.40. The van der Waals surface area contributed by atoms with Crippen molar-refractivity contribution >= 4 is 11.8 Å². The Labute approximate surface area is 131 Å². The molecule has 1 aromatic rings. The first-order valence-electron chi connectivity index (χ1n) is 6.75. The Hall–Kier alpha value is -2.41. The summed E-state index contributed by atoms with van der Waals surface area (Å²) in [4.78, 5) is 12.6. The number of benzene rings is 1. The zero-order valence-corrected chi connectivity index (χ0v) is 13.1. The summed E-state index contributed by atoms with van der Waals surface area (Å²) in [6.45, 7) is 3.58. The van der Waals surface area contributed by atoms with E-state index in [2.05, 4.69) is 15.0 Å². The van der Waals surface area contributed by atoms with E-state index in [9.17, 15) is 5.21 Å². The molecule has 2 heterocycles. The van der Waals surface area contributed by atoms with Gasteiger partial charge in [0.05, 0.1) is 11.4 Å². The molecular weight excluding hydrogens is 298 g/mol.